The summed E-state index contributed by atoms with van der Waals surface area (Å²) in [5.74, 6) is -0.859. The second kappa shape index (κ2) is 7.18. The van der Waals surface area contributed by atoms with Crippen LogP contribution >= 0.6 is 11.3 Å². The van der Waals surface area contributed by atoms with Crippen LogP contribution in [-0.2, 0) is 16.1 Å². The van der Waals surface area contributed by atoms with Crippen LogP contribution < -0.4 is 5.32 Å². The van der Waals surface area contributed by atoms with E-state index >= 15 is 0 Å². The molecule has 1 rings (SSSR count). The molecule has 1 atom stereocenters. The summed E-state index contributed by atoms with van der Waals surface area (Å²) in [7, 11) is 1.58. The third-order valence-corrected chi connectivity index (χ3v) is 3.00. The third-order valence-electron chi connectivity index (χ3n) is 2.18. The van der Waals surface area contributed by atoms with E-state index in [-0.39, 0.29) is 0 Å². The lowest BCUT2D eigenvalue weighted by atomic mass is 10.1. The molecule has 7 heteroatoms. The number of anilines is 1. The highest BCUT2D eigenvalue weighted by atomic mass is 32.1. The summed E-state index contributed by atoms with van der Waals surface area (Å²) in [4.78, 5) is 11.0. The standard InChI is InChI=1S/C10H17N3O3S/c1-3-4-5-7(9(14)15)11-10-13-12-8(17-10)6-16-2/h7H,3-6H2,1-2H3,(H,11,13)(H,14,15). The lowest BCUT2D eigenvalue weighted by Gasteiger charge is -2.12. The Kier molecular flexibility index (Phi) is 5.85. The normalized spacial score (nSPS) is 12.4. The first-order valence-corrected chi connectivity index (χ1v) is 6.29. The van der Waals surface area contributed by atoms with Crippen LogP contribution in [0.4, 0.5) is 5.13 Å². The van der Waals surface area contributed by atoms with Crippen LogP contribution in [0.1, 0.15) is 31.2 Å². The SMILES string of the molecule is CCCCC(Nc1nnc(COC)s1)C(=O)O. The zero-order valence-electron chi connectivity index (χ0n) is 9.97. The second-order valence-corrected chi connectivity index (χ2v) is 4.67. The third kappa shape index (κ3) is 4.66. The van der Waals surface area contributed by atoms with Crippen LogP contribution in [0, 0.1) is 0 Å². The Bertz CT molecular complexity index is 356. The molecule has 0 saturated heterocycles. The first-order valence-electron chi connectivity index (χ1n) is 5.48. The maximum Gasteiger partial charge on any atom is 0.326 e. The number of nitrogens with zero attached hydrogens (tertiary/aromatic N) is 2. The molecule has 1 aromatic rings. The van der Waals surface area contributed by atoms with Gasteiger partial charge >= 0.3 is 5.97 Å². The van der Waals surface area contributed by atoms with Crippen molar-refractivity contribution < 1.29 is 14.6 Å². The topological polar surface area (TPSA) is 84.3 Å². The van der Waals surface area contributed by atoms with Crippen molar-refractivity contribution in [2.45, 2.75) is 38.8 Å². The fourth-order valence-corrected chi connectivity index (χ4v) is 2.07. The van der Waals surface area contributed by atoms with Gasteiger partial charge in [-0.25, -0.2) is 4.79 Å². The molecule has 0 fully saturated rings. The van der Waals surface area contributed by atoms with Crippen molar-refractivity contribution in [1.82, 2.24) is 10.2 Å². The monoisotopic (exact) mass is 259 g/mol. The van der Waals surface area contributed by atoms with Crippen molar-refractivity contribution in [1.29, 1.82) is 0 Å². The van der Waals surface area contributed by atoms with E-state index < -0.39 is 12.0 Å². The molecule has 0 amide bonds. The molecule has 1 aromatic heterocycles. The van der Waals surface area contributed by atoms with Crippen LogP contribution in [0.3, 0.4) is 0 Å². The number of carboxylic acid groups (broad SMARTS) is 1. The highest BCUT2D eigenvalue weighted by molar-refractivity contribution is 7.15. The number of nitrogens with one attached hydrogen (secondary N) is 1. The summed E-state index contributed by atoms with van der Waals surface area (Å²) in [5, 5.41) is 20.9. The van der Waals surface area contributed by atoms with E-state index in [2.05, 4.69) is 15.5 Å². The van der Waals surface area contributed by atoms with Gasteiger partial charge in [-0.1, -0.05) is 31.1 Å². The molecule has 96 valence electrons. The molecular formula is C10H17N3O3S. The number of aliphatic carboxylic acids is 1. The molecule has 0 aliphatic rings. The van der Waals surface area contributed by atoms with Gasteiger partial charge in [0.2, 0.25) is 5.13 Å². The predicted molar refractivity (Wildman–Crippen MR) is 65.2 cm³/mol. The van der Waals surface area contributed by atoms with Crippen LogP contribution in [0.5, 0.6) is 0 Å². The lowest BCUT2D eigenvalue weighted by Crippen LogP contribution is -2.29. The smallest absolute Gasteiger partial charge is 0.326 e. The number of rotatable bonds is 8. The number of methoxy groups -OCH3 is 1. The fraction of sp³-hybridized carbons (Fsp3) is 0.700. The Morgan fingerprint density at radius 1 is 1.59 bits per heavy atom. The van der Waals surface area contributed by atoms with Gasteiger partial charge in [0, 0.05) is 7.11 Å². The van der Waals surface area contributed by atoms with Gasteiger partial charge in [-0.3, -0.25) is 0 Å². The van der Waals surface area contributed by atoms with Crippen LogP contribution in [0.2, 0.25) is 0 Å². The zero-order valence-corrected chi connectivity index (χ0v) is 10.8. The highest BCUT2D eigenvalue weighted by Gasteiger charge is 2.18. The Balaban J connectivity index is 2.55. The van der Waals surface area contributed by atoms with E-state index in [1.165, 1.54) is 11.3 Å². The van der Waals surface area contributed by atoms with E-state index in [1.807, 2.05) is 6.92 Å². The Labute approximate surface area is 104 Å². The first kappa shape index (κ1) is 13.9. The summed E-state index contributed by atoms with van der Waals surface area (Å²) in [6.07, 6.45) is 2.43. The number of carbonyl (C=O) groups is 1. The van der Waals surface area contributed by atoms with Crippen LogP contribution in [0.15, 0.2) is 0 Å². The summed E-state index contributed by atoms with van der Waals surface area (Å²) in [6.45, 7) is 2.42. The first-order chi connectivity index (χ1) is 8.17. The van der Waals surface area contributed by atoms with Crippen molar-refractivity contribution in [3.8, 4) is 0 Å². The van der Waals surface area contributed by atoms with E-state index in [0.29, 0.717) is 18.2 Å². The minimum Gasteiger partial charge on any atom is -0.480 e. The average molecular weight is 259 g/mol. The average Bonchev–Trinajstić information content (AvgIpc) is 2.72. The summed E-state index contributed by atoms with van der Waals surface area (Å²) in [5.41, 5.74) is 0. The van der Waals surface area contributed by atoms with E-state index in [0.717, 1.165) is 17.8 Å². The second-order valence-electron chi connectivity index (χ2n) is 3.61. The lowest BCUT2D eigenvalue weighted by molar-refractivity contribution is -0.138. The van der Waals surface area contributed by atoms with Gasteiger partial charge in [0.25, 0.3) is 0 Å². The van der Waals surface area contributed by atoms with Crippen molar-refractivity contribution in [3.63, 3.8) is 0 Å². The molecule has 0 spiro atoms. The summed E-state index contributed by atoms with van der Waals surface area (Å²) >= 11 is 1.31. The van der Waals surface area contributed by atoms with Gasteiger partial charge in [-0.05, 0) is 6.42 Å². The van der Waals surface area contributed by atoms with Gasteiger partial charge in [0.15, 0.2) is 0 Å². The van der Waals surface area contributed by atoms with Gasteiger partial charge < -0.3 is 15.2 Å². The number of unbranched alkanes of at least 4 members (excludes halogenated alkanes) is 1. The number of ether oxygens (including phenoxy) is 1. The van der Waals surface area contributed by atoms with E-state index in [9.17, 15) is 4.79 Å². The minimum absolute atomic E-state index is 0.395. The molecule has 1 heterocycles. The van der Waals surface area contributed by atoms with Crippen LogP contribution in [0.25, 0.3) is 0 Å². The van der Waals surface area contributed by atoms with Gasteiger partial charge in [-0.2, -0.15) is 0 Å². The fourth-order valence-electron chi connectivity index (χ4n) is 1.31. The molecule has 2 N–H and O–H groups in total. The molecule has 0 radical (unpaired) electrons. The van der Waals surface area contributed by atoms with Gasteiger partial charge in [0.1, 0.15) is 17.7 Å². The Morgan fingerprint density at radius 2 is 2.35 bits per heavy atom. The van der Waals surface area contributed by atoms with E-state index in [4.69, 9.17) is 9.84 Å². The van der Waals surface area contributed by atoms with Crippen molar-refractivity contribution in [2.75, 3.05) is 12.4 Å². The van der Waals surface area contributed by atoms with Crippen molar-refractivity contribution in [3.05, 3.63) is 5.01 Å². The molecule has 0 aliphatic heterocycles. The molecule has 0 aromatic carbocycles. The zero-order chi connectivity index (χ0) is 12.7. The molecule has 0 aliphatic carbocycles. The van der Waals surface area contributed by atoms with Crippen LogP contribution in [-0.4, -0.2) is 34.4 Å². The molecule has 1 unspecified atom stereocenters. The summed E-state index contributed by atoms with van der Waals surface area (Å²) in [6, 6.07) is -0.599. The molecular weight excluding hydrogens is 242 g/mol. The maximum atomic E-state index is 11.0. The van der Waals surface area contributed by atoms with E-state index in [1.54, 1.807) is 7.11 Å². The molecule has 17 heavy (non-hydrogen) atoms. The molecule has 6 nitrogen and oxygen atoms in total. The molecule has 0 bridgehead atoms. The van der Waals surface area contributed by atoms with Crippen molar-refractivity contribution >= 4 is 22.4 Å². The largest absolute Gasteiger partial charge is 0.480 e. The maximum absolute atomic E-state index is 11.0. The van der Waals surface area contributed by atoms with Crippen molar-refractivity contribution in [2.24, 2.45) is 0 Å². The predicted octanol–water partition coefficient (Wildman–Crippen LogP) is 1.74. The minimum atomic E-state index is -0.859. The quantitative estimate of drug-likeness (QED) is 0.739. The number of carboxylic acids is 1. The molecule has 0 saturated carbocycles. The number of hydrogen-bond acceptors (Lipinski definition) is 6. The highest BCUT2D eigenvalue weighted by Crippen LogP contribution is 2.18. The Morgan fingerprint density at radius 3 is 2.94 bits per heavy atom. The number of aromatic nitrogens is 2. The van der Waals surface area contributed by atoms with Gasteiger partial charge in [0.05, 0.1) is 0 Å². The number of hydrogen-bond donors (Lipinski definition) is 2. The summed E-state index contributed by atoms with van der Waals surface area (Å²) < 4.78 is 4.92. The Hall–Kier alpha value is -1.21. The van der Waals surface area contributed by atoms with Gasteiger partial charge in [-0.15, -0.1) is 10.2 Å².